The molecule has 0 saturated carbocycles. The van der Waals surface area contributed by atoms with Gasteiger partial charge in [-0.15, -0.1) is 0 Å². The summed E-state index contributed by atoms with van der Waals surface area (Å²) >= 11 is 0. The fourth-order valence-corrected chi connectivity index (χ4v) is 6.70. The highest BCUT2D eigenvalue weighted by molar-refractivity contribution is 6.36. The molecule has 2 atom stereocenters. The number of hydrogen-bond acceptors (Lipinski definition) is 5. The van der Waals surface area contributed by atoms with E-state index in [4.69, 9.17) is 4.74 Å². The third-order valence-electron chi connectivity index (χ3n) is 8.40. The average molecular weight is 497 g/mol. The van der Waals surface area contributed by atoms with E-state index in [1.165, 1.54) is 5.56 Å². The number of hydrogen-bond donors (Lipinski definition) is 4. The lowest BCUT2D eigenvalue weighted by Gasteiger charge is -2.26. The normalized spacial score (nSPS) is 21.1. The number of aromatic nitrogens is 3. The van der Waals surface area contributed by atoms with Gasteiger partial charge in [0.05, 0.1) is 54.9 Å². The van der Waals surface area contributed by atoms with Gasteiger partial charge in [0.2, 0.25) is 0 Å². The molecule has 2 aliphatic heterocycles. The number of morpholine rings is 1. The number of aliphatic hydroxyl groups is 2. The molecule has 188 valence electrons. The standard InChI is InChI=1S/C29H28N4O4/c34-22-14-32-20-4-2-1-3-17(20)24-19-12-30-29(36)26(19)25-18-11-16(13-31-7-9-37-10-8-31)5-6-21(18)33(15-23(22)35)28(25)27(24)32/h1-6,11-12,22-23,30,34-36H,7-10,13-15H2. The predicted octanol–water partition coefficient (Wildman–Crippen LogP) is 3.66. The second kappa shape index (κ2) is 7.72. The smallest absolute Gasteiger partial charge is 0.197 e. The summed E-state index contributed by atoms with van der Waals surface area (Å²) in [5.74, 6) is 0.147. The first-order valence-corrected chi connectivity index (χ1v) is 12.9. The molecule has 2 unspecified atom stereocenters. The average Bonchev–Trinajstić information content (AvgIpc) is 3.54. The maximum atomic E-state index is 11.1. The van der Waals surface area contributed by atoms with Crippen LogP contribution in [-0.2, 0) is 24.4 Å². The highest BCUT2D eigenvalue weighted by atomic mass is 16.5. The second-order valence-electron chi connectivity index (χ2n) is 10.5. The molecule has 4 N–H and O–H groups in total. The van der Waals surface area contributed by atoms with Crippen molar-refractivity contribution in [1.82, 2.24) is 19.0 Å². The Morgan fingerprint density at radius 3 is 2.30 bits per heavy atom. The van der Waals surface area contributed by atoms with E-state index in [9.17, 15) is 15.3 Å². The summed E-state index contributed by atoms with van der Waals surface area (Å²) in [6.45, 7) is 4.73. The minimum atomic E-state index is -0.924. The van der Waals surface area contributed by atoms with Crippen LogP contribution in [0.4, 0.5) is 0 Å². The van der Waals surface area contributed by atoms with Crippen LogP contribution in [0, 0.1) is 0 Å². The lowest BCUT2D eigenvalue weighted by molar-refractivity contribution is 0.00168. The molecule has 6 aromatic rings. The number of H-pyrrole nitrogens is 1. The number of nitrogens with one attached hydrogen (secondary N) is 1. The Hall–Kier alpha value is -3.56. The Kier molecular flexibility index (Phi) is 4.49. The summed E-state index contributed by atoms with van der Waals surface area (Å²) in [5, 5.41) is 39.0. The Labute approximate surface area is 211 Å². The molecule has 37 heavy (non-hydrogen) atoms. The molecule has 2 aliphatic rings. The number of fused-ring (bicyclic) bond motifs is 9. The minimum absolute atomic E-state index is 0.147. The fourth-order valence-electron chi connectivity index (χ4n) is 6.70. The molecule has 0 bridgehead atoms. The first-order valence-electron chi connectivity index (χ1n) is 12.9. The SMILES string of the molecule is Oc1[nH]cc2c1c1c3cc(CN4CCOCC4)ccc3n3c1c1c2c2ccccc2n1CC(O)C(O)C3. The van der Waals surface area contributed by atoms with Gasteiger partial charge in [-0.1, -0.05) is 24.3 Å². The van der Waals surface area contributed by atoms with Crippen molar-refractivity contribution in [3.05, 3.63) is 54.2 Å². The number of para-hydroxylation sites is 1. The molecule has 0 aliphatic carbocycles. The third-order valence-corrected chi connectivity index (χ3v) is 8.40. The van der Waals surface area contributed by atoms with Gasteiger partial charge in [-0.25, -0.2) is 0 Å². The van der Waals surface area contributed by atoms with Gasteiger partial charge >= 0.3 is 0 Å². The van der Waals surface area contributed by atoms with Crippen LogP contribution in [0.1, 0.15) is 5.56 Å². The molecule has 0 spiro atoms. The van der Waals surface area contributed by atoms with Gasteiger partial charge in [0.1, 0.15) is 0 Å². The van der Waals surface area contributed by atoms with Gasteiger partial charge in [-0.2, -0.15) is 0 Å². The third kappa shape index (κ3) is 2.92. The van der Waals surface area contributed by atoms with Gasteiger partial charge in [-0.3, -0.25) is 4.90 Å². The van der Waals surface area contributed by atoms with E-state index in [0.717, 1.165) is 87.2 Å². The van der Waals surface area contributed by atoms with Crippen LogP contribution in [0.15, 0.2) is 48.7 Å². The summed E-state index contributed by atoms with van der Waals surface area (Å²) in [6, 6.07) is 14.7. The molecule has 8 nitrogen and oxygen atoms in total. The van der Waals surface area contributed by atoms with Crippen LogP contribution in [0.3, 0.4) is 0 Å². The highest BCUT2D eigenvalue weighted by Gasteiger charge is 2.30. The maximum Gasteiger partial charge on any atom is 0.197 e. The van der Waals surface area contributed by atoms with Crippen molar-refractivity contribution >= 4 is 54.4 Å². The number of nitrogens with zero attached hydrogens (tertiary/aromatic N) is 3. The molecular weight excluding hydrogens is 468 g/mol. The van der Waals surface area contributed by atoms with Crippen LogP contribution < -0.4 is 0 Å². The largest absolute Gasteiger partial charge is 0.494 e. The lowest BCUT2D eigenvalue weighted by Crippen LogP contribution is -2.35. The van der Waals surface area contributed by atoms with Crippen molar-refractivity contribution in [2.24, 2.45) is 0 Å². The molecule has 0 amide bonds. The van der Waals surface area contributed by atoms with Crippen LogP contribution >= 0.6 is 0 Å². The monoisotopic (exact) mass is 496 g/mol. The highest BCUT2D eigenvalue weighted by Crippen LogP contribution is 2.47. The number of aliphatic hydroxyl groups excluding tert-OH is 2. The van der Waals surface area contributed by atoms with Crippen LogP contribution in [0.2, 0.25) is 0 Å². The molecule has 8 heteroatoms. The predicted molar refractivity (Wildman–Crippen MR) is 144 cm³/mol. The first kappa shape index (κ1) is 21.5. The number of aromatic amines is 1. The van der Waals surface area contributed by atoms with Crippen molar-refractivity contribution in [3.8, 4) is 5.88 Å². The van der Waals surface area contributed by atoms with E-state index in [0.29, 0.717) is 6.54 Å². The summed E-state index contributed by atoms with van der Waals surface area (Å²) in [6.07, 6.45) is 0.0587. The number of rotatable bonds is 2. The van der Waals surface area contributed by atoms with Crippen molar-refractivity contribution in [2.45, 2.75) is 31.8 Å². The van der Waals surface area contributed by atoms with E-state index < -0.39 is 12.2 Å². The van der Waals surface area contributed by atoms with E-state index in [-0.39, 0.29) is 12.4 Å². The molecule has 1 saturated heterocycles. The Bertz CT molecular complexity index is 1860. The number of benzene rings is 3. The summed E-state index contributed by atoms with van der Waals surface area (Å²) in [4.78, 5) is 5.47. The van der Waals surface area contributed by atoms with Crippen molar-refractivity contribution in [1.29, 1.82) is 0 Å². The second-order valence-corrected chi connectivity index (χ2v) is 10.5. The Morgan fingerprint density at radius 2 is 1.51 bits per heavy atom. The fraction of sp³-hybridized carbons (Fsp3) is 0.310. The van der Waals surface area contributed by atoms with E-state index in [2.05, 4.69) is 49.3 Å². The van der Waals surface area contributed by atoms with Gasteiger partial charge in [-0.05, 0) is 23.8 Å². The molecular formula is C29H28N4O4. The molecule has 1 fully saturated rings. The van der Waals surface area contributed by atoms with Crippen LogP contribution in [-0.4, -0.2) is 72.8 Å². The molecule has 3 aromatic heterocycles. The summed E-state index contributed by atoms with van der Waals surface area (Å²) in [5.41, 5.74) is 5.20. The van der Waals surface area contributed by atoms with Gasteiger partial charge in [0.15, 0.2) is 5.88 Å². The van der Waals surface area contributed by atoms with Crippen LogP contribution in [0.25, 0.3) is 54.4 Å². The Balaban J connectivity index is 1.55. The first-order chi connectivity index (χ1) is 18.1. The van der Waals surface area contributed by atoms with Gasteiger partial charge < -0.3 is 34.2 Å². The Morgan fingerprint density at radius 1 is 0.811 bits per heavy atom. The van der Waals surface area contributed by atoms with Gasteiger partial charge in [0, 0.05) is 63.8 Å². The molecule has 0 radical (unpaired) electrons. The van der Waals surface area contributed by atoms with Crippen molar-refractivity contribution in [3.63, 3.8) is 0 Å². The summed E-state index contributed by atoms with van der Waals surface area (Å²) < 4.78 is 9.81. The topological polar surface area (TPSA) is 98.8 Å². The van der Waals surface area contributed by atoms with Gasteiger partial charge in [0.25, 0.3) is 0 Å². The minimum Gasteiger partial charge on any atom is -0.494 e. The van der Waals surface area contributed by atoms with Crippen LogP contribution in [0.5, 0.6) is 5.88 Å². The lowest BCUT2D eigenvalue weighted by atomic mass is 10.0. The zero-order valence-corrected chi connectivity index (χ0v) is 20.3. The van der Waals surface area contributed by atoms with Crippen molar-refractivity contribution < 1.29 is 20.1 Å². The van der Waals surface area contributed by atoms with E-state index >= 15 is 0 Å². The molecule has 3 aromatic carbocycles. The van der Waals surface area contributed by atoms with E-state index in [1.807, 2.05) is 18.3 Å². The zero-order chi connectivity index (χ0) is 24.8. The molecule has 8 rings (SSSR count). The zero-order valence-electron chi connectivity index (χ0n) is 20.3. The quantitative estimate of drug-likeness (QED) is 0.293. The van der Waals surface area contributed by atoms with Crippen molar-refractivity contribution in [2.75, 3.05) is 26.3 Å². The number of aromatic hydroxyl groups is 1. The number of ether oxygens (including phenoxy) is 1. The summed E-state index contributed by atoms with van der Waals surface area (Å²) in [7, 11) is 0. The van der Waals surface area contributed by atoms with E-state index in [1.54, 1.807) is 0 Å². The maximum absolute atomic E-state index is 11.1. The molecule has 5 heterocycles.